The van der Waals surface area contributed by atoms with Crippen LogP contribution in [0.25, 0.3) is 11.0 Å². The van der Waals surface area contributed by atoms with Gasteiger partial charge < -0.3 is 14.6 Å². The van der Waals surface area contributed by atoms with Crippen LogP contribution < -0.4 is 5.63 Å². The highest BCUT2D eigenvalue weighted by Crippen LogP contribution is 2.28. The number of phenols is 1. The molecule has 1 fully saturated rings. The number of piperidine rings is 1. The van der Waals surface area contributed by atoms with Crippen molar-refractivity contribution in [3.63, 3.8) is 0 Å². The van der Waals surface area contributed by atoms with Crippen molar-refractivity contribution in [1.82, 2.24) is 4.90 Å². The van der Waals surface area contributed by atoms with Crippen molar-refractivity contribution >= 4 is 11.0 Å². The first-order chi connectivity index (χ1) is 10.0. The molecule has 5 heteroatoms. The van der Waals surface area contributed by atoms with Crippen LogP contribution in [-0.2, 0) is 6.54 Å². The highest BCUT2D eigenvalue weighted by Gasteiger charge is 2.19. The van der Waals surface area contributed by atoms with E-state index >= 15 is 0 Å². The van der Waals surface area contributed by atoms with Gasteiger partial charge in [-0.05, 0) is 37.5 Å². The first-order valence-electron chi connectivity index (χ1n) is 7.20. The number of rotatable bonds is 2. The first-order valence-corrected chi connectivity index (χ1v) is 7.20. The van der Waals surface area contributed by atoms with Crippen molar-refractivity contribution < 1.29 is 14.6 Å². The van der Waals surface area contributed by atoms with Crippen molar-refractivity contribution in [3.05, 3.63) is 39.7 Å². The number of hydrogen-bond donors (Lipinski definition) is 2. The van der Waals surface area contributed by atoms with Gasteiger partial charge in [0.1, 0.15) is 11.3 Å². The number of phenolic OH excluding ortho intramolecular Hbond substituents is 1. The maximum Gasteiger partial charge on any atom is 0.336 e. The SMILES string of the molecule is Cc1c(O)ccc2c(CN3CCC(O)CC3)cc(=O)oc12. The highest BCUT2D eigenvalue weighted by atomic mass is 16.4. The molecule has 112 valence electrons. The maximum absolute atomic E-state index is 11.8. The zero-order chi connectivity index (χ0) is 15.0. The summed E-state index contributed by atoms with van der Waals surface area (Å²) in [4.78, 5) is 14.0. The fraction of sp³-hybridized carbons (Fsp3) is 0.438. The molecular weight excluding hydrogens is 270 g/mol. The fourth-order valence-electron chi connectivity index (χ4n) is 2.86. The molecule has 1 saturated heterocycles. The molecule has 0 atom stereocenters. The predicted octanol–water partition coefficient (Wildman–Crippen LogP) is 1.76. The number of aliphatic hydroxyl groups is 1. The first kappa shape index (κ1) is 14.1. The average molecular weight is 289 g/mol. The summed E-state index contributed by atoms with van der Waals surface area (Å²) in [5.41, 5.74) is 1.54. The molecule has 1 aliphatic heterocycles. The quantitative estimate of drug-likeness (QED) is 0.824. The summed E-state index contributed by atoms with van der Waals surface area (Å²) in [6.45, 7) is 4.03. The van der Waals surface area contributed by atoms with E-state index in [0.29, 0.717) is 17.7 Å². The zero-order valence-electron chi connectivity index (χ0n) is 12.0. The molecule has 3 rings (SSSR count). The molecule has 21 heavy (non-hydrogen) atoms. The second kappa shape index (κ2) is 5.50. The van der Waals surface area contributed by atoms with Gasteiger partial charge in [-0.25, -0.2) is 4.79 Å². The number of aryl methyl sites for hydroxylation is 1. The number of nitrogens with zero attached hydrogens (tertiary/aromatic N) is 1. The molecule has 1 aromatic heterocycles. The lowest BCUT2D eigenvalue weighted by Gasteiger charge is -2.29. The molecule has 1 aromatic carbocycles. The predicted molar refractivity (Wildman–Crippen MR) is 79.4 cm³/mol. The molecule has 5 nitrogen and oxygen atoms in total. The van der Waals surface area contributed by atoms with E-state index < -0.39 is 5.63 Å². The summed E-state index contributed by atoms with van der Waals surface area (Å²) in [7, 11) is 0. The molecule has 0 bridgehead atoms. The minimum absolute atomic E-state index is 0.129. The molecule has 0 amide bonds. The highest BCUT2D eigenvalue weighted by molar-refractivity contribution is 5.84. The minimum Gasteiger partial charge on any atom is -0.508 e. The minimum atomic E-state index is -0.400. The van der Waals surface area contributed by atoms with Gasteiger partial charge in [0.15, 0.2) is 0 Å². The number of fused-ring (bicyclic) bond motifs is 1. The van der Waals surface area contributed by atoms with E-state index in [4.69, 9.17) is 4.42 Å². The van der Waals surface area contributed by atoms with Crippen LogP contribution in [-0.4, -0.2) is 34.3 Å². The molecule has 0 aliphatic carbocycles. The molecule has 2 N–H and O–H groups in total. The van der Waals surface area contributed by atoms with Crippen molar-refractivity contribution in [2.24, 2.45) is 0 Å². The lowest BCUT2D eigenvalue weighted by molar-refractivity contribution is 0.0794. The van der Waals surface area contributed by atoms with Gasteiger partial charge in [0.2, 0.25) is 0 Å². The number of aliphatic hydroxyl groups excluding tert-OH is 1. The number of hydrogen-bond acceptors (Lipinski definition) is 5. The zero-order valence-corrected chi connectivity index (χ0v) is 12.0. The fourth-order valence-corrected chi connectivity index (χ4v) is 2.86. The summed E-state index contributed by atoms with van der Waals surface area (Å²) >= 11 is 0. The van der Waals surface area contributed by atoms with E-state index in [2.05, 4.69) is 4.90 Å². The van der Waals surface area contributed by atoms with Crippen LogP contribution in [0.3, 0.4) is 0 Å². The Balaban J connectivity index is 1.98. The second-order valence-corrected chi connectivity index (χ2v) is 5.68. The lowest BCUT2D eigenvalue weighted by atomic mass is 10.0. The summed E-state index contributed by atoms with van der Waals surface area (Å²) < 4.78 is 5.25. The van der Waals surface area contributed by atoms with Gasteiger partial charge in [0.05, 0.1) is 6.10 Å². The summed E-state index contributed by atoms with van der Waals surface area (Å²) in [5, 5.41) is 20.2. The maximum atomic E-state index is 11.8. The monoisotopic (exact) mass is 289 g/mol. The van der Waals surface area contributed by atoms with E-state index in [-0.39, 0.29) is 11.9 Å². The van der Waals surface area contributed by atoms with Gasteiger partial charge in [-0.15, -0.1) is 0 Å². The van der Waals surface area contributed by atoms with Crippen LogP contribution in [0.5, 0.6) is 5.75 Å². The Hall–Kier alpha value is -1.85. The van der Waals surface area contributed by atoms with E-state index in [0.717, 1.165) is 36.9 Å². The van der Waals surface area contributed by atoms with Gasteiger partial charge >= 0.3 is 5.63 Å². The second-order valence-electron chi connectivity index (χ2n) is 5.68. The van der Waals surface area contributed by atoms with Gasteiger partial charge in [-0.3, -0.25) is 4.90 Å². The number of likely N-dealkylation sites (tertiary alicyclic amines) is 1. The van der Waals surface area contributed by atoms with E-state index in [1.807, 2.05) is 0 Å². The van der Waals surface area contributed by atoms with Gasteiger partial charge in [-0.2, -0.15) is 0 Å². The molecule has 2 aromatic rings. The van der Waals surface area contributed by atoms with E-state index in [1.54, 1.807) is 19.1 Å². The molecule has 0 unspecified atom stereocenters. The smallest absolute Gasteiger partial charge is 0.336 e. The van der Waals surface area contributed by atoms with Crippen LogP contribution in [0.1, 0.15) is 24.0 Å². The molecule has 0 spiro atoms. The van der Waals surface area contributed by atoms with Crippen LogP contribution in [0.15, 0.2) is 27.4 Å². The van der Waals surface area contributed by atoms with Crippen LogP contribution in [0, 0.1) is 6.92 Å². The standard InChI is InChI=1S/C16H19NO4/c1-10-14(19)3-2-13-11(8-15(20)21-16(10)13)9-17-6-4-12(18)5-7-17/h2-3,8,12,18-19H,4-7,9H2,1H3. The number of aromatic hydroxyl groups is 1. The molecule has 0 radical (unpaired) electrons. The third-order valence-corrected chi connectivity index (χ3v) is 4.17. The van der Waals surface area contributed by atoms with Crippen LogP contribution >= 0.6 is 0 Å². The van der Waals surface area contributed by atoms with Gasteiger partial charge in [0, 0.05) is 36.7 Å². The Morgan fingerprint density at radius 2 is 2.05 bits per heavy atom. The van der Waals surface area contributed by atoms with E-state index in [1.165, 1.54) is 6.07 Å². The molecule has 0 saturated carbocycles. The molecular formula is C16H19NO4. The summed E-state index contributed by atoms with van der Waals surface area (Å²) in [5.74, 6) is 0.129. The van der Waals surface area contributed by atoms with Gasteiger partial charge in [-0.1, -0.05) is 0 Å². The van der Waals surface area contributed by atoms with Crippen molar-refractivity contribution in [1.29, 1.82) is 0 Å². The van der Waals surface area contributed by atoms with Crippen molar-refractivity contribution in [2.75, 3.05) is 13.1 Å². The van der Waals surface area contributed by atoms with E-state index in [9.17, 15) is 15.0 Å². The lowest BCUT2D eigenvalue weighted by Crippen LogP contribution is -2.35. The van der Waals surface area contributed by atoms with Crippen LogP contribution in [0.2, 0.25) is 0 Å². The largest absolute Gasteiger partial charge is 0.508 e. The Kier molecular flexibility index (Phi) is 3.69. The molecule has 1 aliphatic rings. The third kappa shape index (κ3) is 2.80. The third-order valence-electron chi connectivity index (χ3n) is 4.17. The Morgan fingerprint density at radius 3 is 2.76 bits per heavy atom. The van der Waals surface area contributed by atoms with Crippen LogP contribution in [0.4, 0.5) is 0 Å². The normalized spacial score (nSPS) is 17.4. The Morgan fingerprint density at radius 1 is 1.33 bits per heavy atom. The molecule has 2 heterocycles. The Labute approximate surface area is 122 Å². The summed E-state index contributed by atoms with van der Waals surface area (Å²) in [6.07, 6.45) is 1.32. The van der Waals surface area contributed by atoms with Crippen molar-refractivity contribution in [2.45, 2.75) is 32.4 Å². The topological polar surface area (TPSA) is 73.9 Å². The van der Waals surface area contributed by atoms with Gasteiger partial charge in [0.25, 0.3) is 0 Å². The summed E-state index contributed by atoms with van der Waals surface area (Å²) in [6, 6.07) is 4.93. The number of benzene rings is 1. The Bertz CT molecular complexity index is 714. The van der Waals surface area contributed by atoms with Crippen molar-refractivity contribution in [3.8, 4) is 5.75 Å². The average Bonchev–Trinajstić information content (AvgIpc) is 2.46.